The highest BCUT2D eigenvalue weighted by molar-refractivity contribution is 7.47. The molecule has 0 aliphatic heterocycles. The SMILES string of the molecule is CC/C=C\C/C=C\C/C=C\C/C=C\CCCCCOCC(COP(=O)(O)OCCN)OC(=O)CCCCCCCCCCCCCCCCCCCCCCCCC. The topological polar surface area (TPSA) is 117 Å². The number of unbranched alkanes of at least 4 members (excludes halogenated alkanes) is 25. The van der Waals surface area contributed by atoms with Crippen LogP contribution in [0.4, 0.5) is 0 Å². The first kappa shape index (κ1) is 56.5. The minimum atomic E-state index is -4.29. The Kier molecular flexibility index (Phi) is 45.3. The molecule has 0 aromatic rings. The fourth-order valence-corrected chi connectivity index (χ4v) is 7.52. The second-order valence-corrected chi connectivity index (χ2v) is 17.4. The number of carbonyl (C=O) groups is 1. The number of ether oxygens (including phenoxy) is 2. The summed E-state index contributed by atoms with van der Waals surface area (Å²) >= 11 is 0. The Labute approximate surface area is 358 Å². The number of hydrogen-bond acceptors (Lipinski definition) is 7. The number of hydrogen-bond donors (Lipinski definition) is 2. The molecule has 0 aromatic carbocycles. The Morgan fingerprint density at radius 2 is 0.966 bits per heavy atom. The highest BCUT2D eigenvalue weighted by Gasteiger charge is 2.25. The zero-order chi connectivity index (χ0) is 42.3. The molecule has 0 saturated heterocycles. The maximum Gasteiger partial charge on any atom is 0.472 e. The standard InChI is InChI=1S/C49H92NO7P/c1-3-5-7-9-11-13-15-17-19-21-22-23-24-25-26-27-28-30-32-34-36-38-40-42-49(51)57-48(47-56-58(52,53)55-45-43-50)46-54-44-41-39-37-35-33-31-29-20-18-16-14-12-10-8-6-4-2/h6,8,12,14,18,20,31,33,48H,3-5,7,9-11,13,15-17,19,21-30,32,34-47,50H2,1-2H3,(H,52,53)/b8-6-,14-12-,20-18-,33-31-. The van der Waals surface area contributed by atoms with Crippen molar-refractivity contribution in [3.05, 3.63) is 48.6 Å². The van der Waals surface area contributed by atoms with Gasteiger partial charge < -0.3 is 20.1 Å². The number of phosphoric acid groups is 1. The number of phosphoric ester groups is 1. The summed E-state index contributed by atoms with van der Waals surface area (Å²) in [5.74, 6) is -0.339. The predicted octanol–water partition coefficient (Wildman–Crippen LogP) is 14.8. The average molecular weight is 838 g/mol. The van der Waals surface area contributed by atoms with E-state index in [4.69, 9.17) is 24.3 Å². The van der Waals surface area contributed by atoms with Crippen LogP contribution in [0.3, 0.4) is 0 Å². The fraction of sp³-hybridized carbons (Fsp3) is 0.816. The van der Waals surface area contributed by atoms with Crippen molar-refractivity contribution in [1.82, 2.24) is 0 Å². The van der Waals surface area contributed by atoms with E-state index in [-0.39, 0.29) is 32.3 Å². The molecule has 0 spiro atoms. The Hall–Kier alpha value is -1.54. The van der Waals surface area contributed by atoms with Gasteiger partial charge in [0.05, 0.1) is 19.8 Å². The summed E-state index contributed by atoms with van der Waals surface area (Å²) in [5, 5.41) is 0. The number of allylic oxidation sites excluding steroid dienone is 8. The molecule has 0 saturated carbocycles. The van der Waals surface area contributed by atoms with Gasteiger partial charge in [-0.15, -0.1) is 0 Å². The van der Waals surface area contributed by atoms with Crippen LogP contribution in [0.15, 0.2) is 48.6 Å². The van der Waals surface area contributed by atoms with E-state index in [1.165, 1.54) is 128 Å². The number of nitrogens with two attached hydrogens (primary N) is 1. The molecule has 2 atom stereocenters. The quantitative estimate of drug-likeness (QED) is 0.0269. The van der Waals surface area contributed by atoms with Crippen LogP contribution in [0, 0.1) is 0 Å². The molecule has 0 bridgehead atoms. The third-order valence-electron chi connectivity index (χ3n) is 10.3. The summed E-state index contributed by atoms with van der Waals surface area (Å²) in [6, 6.07) is 0. The zero-order valence-electron chi connectivity index (χ0n) is 37.8. The van der Waals surface area contributed by atoms with Gasteiger partial charge in [-0.25, -0.2) is 4.57 Å². The highest BCUT2D eigenvalue weighted by Crippen LogP contribution is 2.43. The smallest absolute Gasteiger partial charge is 0.457 e. The summed E-state index contributed by atoms with van der Waals surface area (Å²) in [4.78, 5) is 22.5. The van der Waals surface area contributed by atoms with Crippen LogP contribution < -0.4 is 5.73 Å². The molecular weight excluding hydrogens is 746 g/mol. The zero-order valence-corrected chi connectivity index (χ0v) is 38.7. The average Bonchev–Trinajstić information content (AvgIpc) is 3.21. The first-order valence-electron chi connectivity index (χ1n) is 24.1. The maximum atomic E-state index is 12.6. The van der Waals surface area contributed by atoms with E-state index >= 15 is 0 Å². The molecule has 340 valence electrons. The number of carbonyl (C=O) groups excluding carboxylic acids is 1. The van der Waals surface area contributed by atoms with Gasteiger partial charge in [0.15, 0.2) is 0 Å². The minimum absolute atomic E-state index is 0.0945. The van der Waals surface area contributed by atoms with Crippen molar-refractivity contribution in [2.75, 3.05) is 33.0 Å². The molecule has 0 amide bonds. The molecule has 0 heterocycles. The first-order chi connectivity index (χ1) is 28.4. The summed E-state index contributed by atoms with van der Waals surface area (Å²) in [7, 11) is -4.29. The van der Waals surface area contributed by atoms with E-state index < -0.39 is 13.9 Å². The van der Waals surface area contributed by atoms with Crippen LogP contribution in [0.5, 0.6) is 0 Å². The lowest BCUT2D eigenvalue weighted by Gasteiger charge is -2.20. The Morgan fingerprint density at radius 1 is 0.534 bits per heavy atom. The molecule has 2 unspecified atom stereocenters. The highest BCUT2D eigenvalue weighted by atomic mass is 31.2. The molecule has 0 rings (SSSR count). The summed E-state index contributed by atoms with van der Waals surface area (Å²) in [5.41, 5.74) is 5.38. The second-order valence-electron chi connectivity index (χ2n) is 16.0. The molecule has 0 aliphatic rings. The molecule has 0 radical (unpaired) electrons. The lowest BCUT2D eigenvalue weighted by Crippen LogP contribution is -2.28. The van der Waals surface area contributed by atoms with Gasteiger partial charge in [0.25, 0.3) is 0 Å². The molecule has 58 heavy (non-hydrogen) atoms. The van der Waals surface area contributed by atoms with Crippen molar-refractivity contribution in [2.24, 2.45) is 5.73 Å². The summed E-state index contributed by atoms with van der Waals surface area (Å²) in [6.45, 7) is 4.76. The van der Waals surface area contributed by atoms with Crippen molar-refractivity contribution in [3.63, 3.8) is 0 Å². The van der Waals surface area contributed by atoms with Crippen molar-refractivity contribution >= 4 is 13.8 Å². The van der Waals surface area contributed by atoms with Gasteiger partial charge in [-0.2, -0.15) is 0 Å². The maximum absolute atomic E-state index is 12.6. The molecule has 3 N–H and O–H groups in total. The lowest BCUT2D eigenvalue weighted by molar-refractivity contribution is -0.154. The monoisotopic (exact) mass is 838 g/mol. The van der Waals surface area contributed by atoms with Gasteiger partial charge in [0, 0.05) is 19.6 Å². The van der Waals surface area contributed by atoms with Crippen LogP contribution in [-0.4, -0.2) is 49.9 Å². The third kappa shape index (κ3) is 45.5. The Morgan fingerprint density at radius 3 is 1.43 bits per heavy atom. The predicted molar refractivity (Wildman–Crippen MR) is 247 cm³/mol. The number of esters is 1. The fourth-order valence-electron chi connectivity index (χ4n) is 6.75. The van der Waals surface area contributed by atoms with Gasteiger partial charge in [-0.3, -0.25) is 13.8 Å². The van der Waals surface area contributed by atoms with E-state index in [1.807, 2.05) is 0 Å². The Balaban J connectivity index is 3.96. The van der Waals surface area contributed by atoms with Gasteiger partial charge in [0.2, 0.25) is 0 Å². The van der Waals surface area contributed by atoms with Crippen molar-refractivity contribution in [3.8, 4) is 0 Å². The van der Waals surface area contributed by atoms with E-state index in [9.17, 15) is 14.3 Å². The van der Waals surface area contributed by atoms with Gasteiger partial charge in [0.1, 0.15) is 6.10 Å². The normalized spacial score (nSPS) is 13.8. The molecule has 9 heteroatoms. The summed E-state index contributed by atoms with van der Waals surface area (Å²) in [6.07, 6.45) is 55.8. The van der Waals surface area contributed by atoms with E-state index in [0.29, 0.717) is 13.0 Å². The van der Waals surface area contributed by atoms with Crippen molar-refractivity contribution in [1.29, 1.82) is 0 Å². The lowest BCUT2D eigenvalue weighted by atomic mass is 10.0. The van der Waals surface area contributed by atoms with Gasteiger partial charge >= 0.3 is 13.8 Å². The van der Waals surface area contributed by atoms with E-state index in [2.05, 4.69) is 62.5 Å². The van der Waals surface area contributed by atoms with Crippen molar-refractivity contribution in [2.45, 2.75) is 225 Å². The van der Waals surface area contributed by atoms with Crippen LogP contribution >= 0.6 is 7.82 Å². The molecule has 0 fully saturated rings. The largest absolute Gasteiger partial charge is 0.472 e. The van der Waals surface area contributed by atoms with Gasteiger partial charge in [-0.05, 0) is 51.4 Å². The second kappa shape index (κ2) is 46.5. The van der Waals surface area contributed by atoms with Crippen LogP contribution in [0.2, 0.25) is 0 Å². The van der Waals surface area contributed by atoms with Gasteiger partial charge in [-0.1, -0.05) is 210 Å². The Bertz CT molecular complexity index is 1030. The first-order valence-corrected chi connectivity index (χ1v) is 25.6. The van der Waals surface area contributed by atoms with Crippen LogP contribution in [0.25, 0.3) is 0 Å². The van der Waals surface area contributed by atoms with Crippen LogP contribution in [0.1, 0.15) is 219 Å². The molecule has 0 aliphatic carbocycles. The molecular formula is C49H92NO7P. The van der Waals surface area contributed by atoms with E-state index in [1.54, 1.807) is 0 Å². The minimum Gasteiger partial charge on any atom is -0.457 e. The van der Waals surface area contributed by atoms with Crippen molar-refractivity contribution < 1.29 is 32.8 Å². The number of rotatable bonds is 46. The van der Waals surface area contributed by atoms with E-state index in [0.717, 1.165) is 70.6 Å². The molecule has 0 aromatic heterocycles. The summed E-state index contributed by atoms with van der Waals surface area (Å²) < 4.78 is 33.5. The van der Waals surface area contributed by atoms with Crippen LogP contribution in [-0.2, 0) is 27.9 Å². The molecule has 8 nitrogen and oxygen atoms in total. The third-order valence-corrected chi connectivity index (χ3v) is 11.2.